The Labute approximate surface area is 158 Å². The number of anilines is 1. The molecule has 1 fully saturated rings. The molecule has 3 rings (SSSR count). The number of hydrogen-bond acceptors (Lipinski definition) is 6. The summed E-state index contributed by atoms with van der Waals surface area (Å²) in [5, 5.41) is 1.37. The second-order valence-electron chi connectivity index (χ2n) is 6.42. The predicted molar refractivity (Wildman–Crippen MR) is 108 cm³/mol. The first-order valence-corrected chi connectivity index (χ1v) is 10.6. The molecule has 1 heterocycles. The highest BCUT2D eigenvalue weighted by molar-refractivity contribution is 7.99. The normalized spacial score (nSPS) is 15.3. The minimum atomic E-state index is 0.607. The molecule has 136 valence electrons. The smallest absolute Gasteiger partial charge is 0.180 e. The maximum Gasteiger partial charge on any atom is 0.180 e. The van der Waals surface area contributed by atoms with E-state index in [2.05, 4.69) is 4.98 Å². The van der Waals surface area contributed by atoms with Crippen LogP contribution in [0.1, 0.15) is 42.5 Å². The summed E-state index contributed by atoms with van der Waals surface area (Å²) in [4.78, 5) is 5.83. The Bertz CT molecular complexity index is 724. The Balaban J connectivity index is 1.89. The molecule has 2 aromatic rings. The van der Waals surface area contributed by atoms with Crippen LogP contribution in [-0.2, 0) is 5.75 Å². The zero-order valence-corrected chi connectivity index (χ0v) is 16.8. The summed E-state index contributed by atoms with van der Waals surface area (Å²) in [5.74, 6) is 2.61. The van der Waals surface area contributed by atoms with Gasteiger partial charge in [-0.15, -0.1) is 11.3 Å². The molecule has 1 aliphatic carbocycles. The maximum atomic E-state index is 6.04. The fraction of sp³-hybridized carbons (Fsp3) is 0.526. The van der Waals surface area contributed by atoms with Crippen LogP contribution < -0.4 is 15.2 Å². The fourth-order valence-corrected chi connectivity index (χ4v) is 5.61. The van der Waals surface area contributed by atoms with Crippen LogP contribution in [0, 0.1) is 6.92 Å². The van der Waals surface area contributed by atoms with E-state index < -0.39 is 0 Å². The van der Waals surface area contributed by atoms with E-state index >= 15 is 0 Å². The Hall–Kier alpha value is -1.40. The Kier molecular flexibility index (Phi) is 6.12. The molecular weight excluding hydrogens is 352 g/mol. The van der Waals surface area contributed by atoms with Gasteiger partial charge in [-0.25, -0.2) is 4.98 Å². The molecule has 1 aromatic heterocycles. The number of aryl methyl sites for hydroxylation is 1. The summed E-state index contributed by atoms with van der Waals surface area (Å²) in [7, 11) is 3.38. The molecule has 6 heteroatoms. The lowest BCUT2D eigenvalue weighted by Crippen LogP contribution is -2.08. The van der Waals surface area contributed by atoms with Crippen molar-refractivity contribution in [1.82, 2.24) is 4.98 Å². The average molecular weight is 379 g/mol. The number of thioether (sulfide) groups is 1. The van der Waals surface area contributed by atoms with Crippen LogP contribution in [-0.4, -0.2) is 24.5 Å². The lowest BCUT2D eigenvalue weighted by atomic mass is 10.0. The van der Waals surface area contributed by atoms with E-state index in [1.54, 1.807) is 25.6 Å². The molecule has 1 aromatic carbocycles. The van der Waals surface area contributed by atoms with E-state index in [1.165, 1.54) is 37.0 Å². The molecule has 2 N–H and O–H groups in total. The number of hydrogen-bond donors (Lipinski definition) is 1. The zero-order chi connectivity index (χ0) is 17.8. The van der Waals surface area contributed by atoms with Gasteiger partial charge in [0.25, 0.3) is 0 Å². The number of nitrogens with two attached hydrogens (primary N) is 1. The largest absolute Gasteiger partial charge is 0.496 e. The van der Waals surface area contributed by atoms with Crippen molar-refractivity contribution in [3.05, 3.63) is 22.6 Å². The first-order chi connectivity index (χ1) is 12.1. The van der Waals surface area contributed by atoms with Crippen molar-refractivity contribution in [2.45, 2.75) is 50.0 Å². The summed E-state index contributed by atoms with van der Waals surface area (Å²) in [6.45, 7) is 2.01. The van der Waals surface area contributed by atoms with Crippen molar-refractivity contribution in [3.63, 3.8) is 0 Å². The van der Waals surface area contributed by atoms with Crippen LogP contribution in [0.2, 0.25) is 0 Å². The number of nitrogens with zero attached hydrogens (tertiary/aromatic N) is 1. The molecule has 0 aliphatic heterocycles. The second kappa shape index (κ2) is 8.32. The highest BCUT2D eigenvalue weighted by Crippen LogP contribution is 2.41. The first kappa shape index (κ1) is 18.4. The lowest BCUT2D eigenvalue weighted by Gasteiger charge is -2.20. The standard InChI is InChI=1S/C19H26N2O2S2/c1-12-9-16(23-3)14(10-15(12)22-2)18-17(25-19(20)21-18)11-24-13-7-5-4-6-8-13/h9-10,13H,4-8,11H2,1-3H3,(H2,20,21). The molecule has 0 saturated heterocycles. The third-order valence-electron chi connectivity index (χ3n) is 4.69. The molecule has 1 saturated carbocycles. The van der Waals surface area contributed by atoms with Gasteiger partial charge in [0.2, 0.25) is 0 Å². The first-order valence-electron chi connectivity index (χ1n) is 8.72. The molecule has 25 heavy (non-hydrogen) atoms. The van der Waals surface area contributed by atoms with Gasteiger partial charge in [-0.2, -0.15) is 11.8 Å². The summed E-state index contributed by atoms with van der Waals surface area (Å²) < 4.78 is 11.1. The van der Waals surface area contributed by atoms with Crippen molar-refractivity contribution in [2.75, 3.05) is 20.0 Å². The number of nitrogen functional groups attached to an aromatic ring is 1. The zero-order valence-electron chi connectivity index (χ0n) is 15.1. The summed E-state index contributed by atoms with van der Waals surface area (Å²) >= 11 is 3.63. The third-order valence-corrected chi connectivity index (χ3v) is 7.15. The van der Waals surface area contributed by atoms with E-state index in [9.17, 15) is 0 Å². The van der Waals surface area contributed by atoms with Gasteiger partial charge in [0.1, 0.15) is 11.5 Å². The Morgan fingerprint density at radius 2 is 1.88 bits per heavy atom. The highest BCUT2D eigenvalue weighted by atomic mass is 32.2. The van der Waals surface area contributed by atoms with Crippen molar-refractivity contribution in [3.8, 4) is 22.8 Å². The van der Waals surface area contributed by atoms with Gasteiger partial charge in [0.15, 0.2) is 5.13 Å². The van der Waals surface area contributed by atoms with Gasteiger partial charge in [-0.3, -0.25) is 0 Å². The maximum absolute atomic E-state index is 6.04. The Morgan fingerprint density at radius 3 is 2.56 bits per heavy atom. The van der Waals surface area contributed by atoms with Gasteiger partial charge in [-0.05, 0) is 37.5 Å². The van der Waals surface area contributed by atoms with Gasteiger partial charge < -0.3 is 15.2 Å². The minimum absolute atomic E-state index is 0.607. The average Bonchev–Trinajstić information content (AvgIpc) is 3.01. The van der Waals surface area contributed by atoms with E-state index in [0.717, 1.165) is 39.3 Å². The number of rotatable bonds is 6. The molecule has 0 amide bonds. The van der Waals surface area contributed by atoms with Crippen LogP contribution in [0.5, 0.6) is 11.5 Å². The highest BCUT2D eigenvalue weighted by Gasteiger charge is 2.20. The SMILES string of the molecule is COc1cc(-c2nc(N)sc2CSC2CCCCC2)c(OC)cc1C. The van der Waals surface area contributed by atoms with Crippen LogP contribution in [0.25, 0.3) is 11.3 Å². The van der Waals surface area contributed by atoms with Gasteiger partial charge >= 0.3 is 0 Å². The van der Waals surface area contributed by atoms with Crippen molar-refractivity contribution in [2.24, 2.45) is 0 Å². The quantitative estimate of drug-likeness (QED) is 0.741. The minimum Gasteiger partial charge on any atom is -0.496 e. The number of methoxy groups -OCH3 is 2. The second-order valence-corrected chi connectivity index (χ2v) is 8.82. The van der Waals surface area contributed by atoms with Crippen molar-refractivity contribution < 1.29 is 9.47 Å². The number of thiazole rings is 1. The fourth-order valence-electron chi connectivity index (χ4n) is 3.34. The molecule has 0 bridgehead atoms. The monoisotopic (exact) mass is 378 g/mol. The molecule has 0 unspecified atom stereocenters. The predicted octanol–water partition coefficient (Wildman–Crippen LogP) is 5.28. The molecule has 4 nitrogen and oxygen atoms in total. The summed E-state index contributed by atoms with van der Waals surface area (Å²) in [6, 6.07) is 4.01. The van der Waals surface area contributed by atoms with E-state index in [1.807, 2.05) is 30.8 Å². The van der Waals surface area contributed by atoms with Crippen molar-refractivity contribution >= 4 is 28.2 Å². The summed E-state index contributed by atoms with van der Waals surface area (Å²) in [6.07, 6.45) is 6.76. The van der Waals surface area contributed by atoms with Gasteiger partial charge in [0, 0.05) is 21.4 Å². The van der Waals surface area contributed by atoms with E-state index in [-0.39, 0.29) is 0 Å². The van der Waals surface area contributed by atoms with Crippen LogP contribution in [0.3, 0.4) is 0 Å². The topological polar surface area (TPSA) is 57.4 Å². The summed E-state index contributed by atoms with van der Waals surface area (Å²) in [5.41, 5.74) is 8.98. The molecule has 0 radical (unpaired) electrons. The number of aromatic nitrogens is 1. The van der Waals surface area contributed by atoms with Crippen molar-refractivity contribution in [1.29, 1.82) is 0 Å². The number of ether oxygens (including phenoxy) is 2. The number of benzene rings is 1. The van der Waals surface area contributed by atoms with Gasteiger partial charge in [-0.1, -0.05) is 19.3 Å². The third kappa shape index (κ3) is 4.23. The van der Waals surface area contributed by atoms with E-state index in [4.69, 9.17) is 15.2 Å². The van der Waals surface area contributed by atoms with Gasteiger partial charge in [0.05, 0.1) is 19.9 Å². The van der Waals surface area contributed by atoms with Crippen LogP contribution in [0.15, 0.2) is 12.1 Å². The van der Waals surface area contributed by atoms with Crippen LogP contribution in [0.4, 0.5) is 5.13 Å². The van der Waals surface area contributed by atoms with Crippen LogP contribution >= 0.6 is 23.1 Å². The van der Waals surface area contributed by atoms with E-state index in [0.29, 0.717) is 5.13 Å². The lowest BCUT2D eigenvalue weighted by molar-refractivity contribution is 0.401. The Morgan fingerprint density at radius 1 is 1.16 bits per heavy atom. The molecule has 0 atom stereocenters. The molecular formula is C19H26N2O2S2. The molecule has 1 aliphatic rings. The molecule has 0 spiro atoms.